The van der Waals surface area contributed by atoms with Gasteiger partial charge in [0.15, 0.2) is 11.6 Å². The van der Waals surface area contributed by atoms with Crippen LogP contribution < -0.4 is 0 Å². The molecule has 0 aromatic rings. The molecule has 2 fully saturated rings. The van der Waals surface area contributed by atoms with Crippen LogP contribution in [0.5, 0.6) is 0 Å². The summed E-state index contributed by atoms with van der Waals surface area (Å²) in [6.07, 6.45) is -0.244. The average molecular weight is 246 g/mol. The highest BCUT2D eigenvalue weighted by atomic mass is 16.8. The summed E-state index contributed by atoms with van der Waals surface area (Å²) in [6, 6.07) is 0. The third kappa shape index (κ3) is 2.98. The van der Waals surface area contributed by atoms with Crippen molar-refractivity contribution in [1.82, 2.24) is 0 Å². The van der Waals surface area contributed by atoms with Crippen molar-refractivity contribution < 1.29 is 23.7 Å². The minimum atomic E-state index is -0.630. The molecule has 2 rings (SSSR count). The molecule has 0 aromatic heterocycles. The molecule has 17 heavy (non-hydrogen) atoms. The van der Waals surface area contributed by atoms with Crippen LogP contribution >= 0.6 is 0 Å². The van der Waals surface area contributed by atoms with Crippen LogP contribution in [-0.2, 0) is 23.7 Å². The summed E-state index contributed by atoms with van der Waals surface area (Å²) in [7, 11) is 1.63. The number of methoxy groups -OCH3 is 1. The van der Waals surface area contributed by atoms with Gasteiger partial charge in [0.1, 0.15) is 18.3 Å². The van der Waals surface area contributed by atoms with Crippen molar-refractivity contribution in [2.24, 2.45) is 0 Å². The molecule has 5 nitrogen and oxygen atoms in total. The maximum atomic E-state index is 5.88. The summed E-state index contributed by atoms with van der Waals surface area (Å²) in [6.45, 7) is 8.63. The van der Waals surface area contributed by atoms with Crippen LogP contribution in [0.3, 0.4) is 0 Å². The molecule has 2 aliphatic heterocycles. The first-order chi connectivity index (χ1) is 7.83. The van der Waals surface area contributed by atoms with Gasteiger partial charge in [0.25, 0.3) is 0 Å². The largest absolute Gasteiger partial charge is 0.370 e. The van der Waals surface area contributed by atoms with Gasteiger partial charge in [0.05, 0.1) is 13.2 Å². The minimum absolute atomic E-state index is 0.0410. The molecule has 2 heterocycles. The van der Waals surface area contributed by atoms with Gasteiger partial charge in [-0.3, -0.25) is 0 Å². The summed E-state index contributed by atoms with van der Waals surface area (Å²) in [5.74, 6) is -1.21. The lowest BCUT2D eigenvalue weighted by Crippen LogP contribution is -2.51. The Labute approximate surface area is 102 Å². The van der Waals surface area contributed by atoms with Gasteiger partial charge < -0.3 is 23.7 Å². The van der Waals surface area contributed by atoms with Crippen LogP contribution in [0, 0.1) is 0 Å². The summed E-state index contributed by atoms with van der Waals surface area (Å²) in [5, 5.41) is 0. The number of hydrogen-bond acceptors (Lipinski definition) is 5. The van der Waals surface area contributed by atoms with E-state index < -0.39 is 11.6 Å². The molecular weight excluding hydrogens is 224 g/mol. The standard InChI is InChI=1S/C12H22O5/c1-11(2,13-5)16-9-6-14-8-7-15-12(3,4)17-10(8)9/h8-10H,6-7H2,1-5H3/t8-,9+,10+/m1/s1. The first-order valence-corrected chi connectivity index (χ1v) is 5.99. The smallest absolute Gasteiger partial charge is 0.163 e. The van der Waals surface area contributed by atoms with E-state index in [4.69, 9.17) is 23.7 Å². The number of rotatable bonds is 3. The van der Waals surface area contributed by atoms with E-state index in [-0.39, 0.29) is 18.3 Å². The Morgan fingerprint density at radius 3 is 2.59 bits per heavy atom. The molecular formula is C12H22O5. The highest BCUT2D eigenvalue weighted by Crippen LogP contribution is 2.33. The first-order valence-electron chi connectivity index (χ1n) is 5.99. The van der Waals surface area contributed by atoms with E-state index in [2.05, 4.69) is 0 Å². The Bertz CT molecular complexity index is 276. The molecule has 2 saturated heterocycles. The molecule has 0 radical (unpaired) electrons. The topological polar surface area (TPSA) is 46.2 Å². The lowest BCUT2D eigenvalue weighted by atomic mass is 10.1. The van der Waals surface area contributed by atoms with E-state index in [1.807, 2.05) is 27.7 Å². The van der Waals surface area contributed by atoms with Crippen LogP contribution in [0.1, 0.15) is 27.7 Å². The van der Waals surface area contributed by atoms with E-state index in [1.165, 1.54) is 0 Å². The fourth-order valence-corrected chi connectivity index (χ4v) is 2.10. The molecule has 0 aliphatic carbocycles. The average Bonchev–Trinajstić information content (AvgIpc) is 2.59. The molecule has 2 aliphatic rings. The Kier molecular flexibility index (Phi) is 3.49. The lowest BCUT2D eigenvalue weighted by molar-refractivity contribution is -0.315. The van der Waals surface area contributed by atoms with E-state index in [1.54, 1.807) is 7.11 Å². The Morgan fingerprint density at radius 2 is 1.94 bits per heavy atom. The second-order valence-corrected chi connectivity index (χ2v) is 5.43. The fraction of sp³-hybridized carbons (Fsp3) is 1.00. The number of ether oxygens (including phenoxy) is 5. The highest BCUT2D eigenvalue weighted by Gasteiger charge is 2.48. The summed E-state index contributed by atoms with van der Waals surface area (Å²) >= 11 is 0. The van der Waals surface area contributed by atoms with Crippen LogP contribution in [0.2, 0.25) is 0 Å². The van der Waals surface area contributed by atoms with Gasteiger partial charge in [0.2, 0.25) is 0 Å². The third-order valence-corrected chi connectivity index (χ3v) is 3.15. The number of hydrogen-bond donors (Lipinski definition) is 0. The predicted molar refractivity (Wildman–Crippen MR) is 60.6 cm³/mol. The van der Waals surface area contributed by atoms with Crippen molar-refractivity contribution in [2.45, 2.75) is 57.6 Å². The van der Waals surface area contributed by atoms with E-state index in [0.29, 0.717) is 13.2 Å². The second kappa shape index (κ2) is 4.48. The lowest BCUT2D eigenvalue weighted by Gasteiger charge is -2.39. The van der Waals surface area contributed by atoms with E-state index in [9.17, 15) is 0 Å². The van der Waals surface area contributed by atoms with Crippen LogP contribution in [0.25, 0.3) is 0 Å². The second-order valence-electron chi connectivity index (χ2n) is 5.43. The van der Waals surface area contributed by atoms with Gasteiger partial charge in [-0.1, -0.05) is 0 Å². The van der Waals surface area contributed by atoms with E-state index in [0.717, 1.165) is 0 Å². The zero-order valence-electron chi connectivity index (χ0n) is 11.2. The van der Waals surface area contributed by atoms with Crippen molar-refractivity contribution in [3.05, 3.63) is 0 Å². The van der Waals surface area contributed by atoms with Gasteiger partial charge >= 0.3 is 0 Å². The summed E-state index contributed by atoms with van der Waals surface area (Å²) in [4.78, 5) is 0. The fourth-order valence-electron chi connectivity index (χ4n) is 2.10. The Hall–Kier alpha value is -0.200. The zero-order valence-corrected chi connectivity index (χ0v) is 11.2. The van der Waals surface area contributed by atoms with Crippen LogP contribution in [0.4, 0.5) is 0 Å². The molecule has 0 spiro atoms. The van der Waals surface area contributed by atoms with Crippen molar-refractivity contribution in [2.75, 3.05) is 20.3 Å². The van der Waals surface area contributed by atoms with Crippen molar-refractivity contribution in [3.63, 3.8) is 0 Å². The normalized spacial score (nSPS) is 36.9. The first kappa shape index (κ1) is 13.2. The summed E-state index contributed by atoms with van der Waals surface area (Å²) < 4.78 is 28.2. The molecule has 0 aromatic carbocycles. The van der Waals surface area contributed by atoms with Gasteiger partial charge in [-0.05, 0) is 27.7 Å². The maximum absolute atomic E-state index is 5.88. The summed E-state index contributed by atoms with van der Waals surface area (Å²) in [5.41, 5.74) is 0. The quantitative estimate of drug-likeness (QED) is 0.702. The molecule has 5 heteroatoms. The van der Waals surface area contributed by atoms with Crippen LogP contribution in [-0.4, -0.2) is 50.2 Å². The van der Waals surface area contributed by atoms with Crippen LogP contribution in [0.15, 0.2) is 0 Å². The Balaban J connectivity index is 2.01. The van der Waals surface area contributed by atoms with Gasteiger partial charge in [-0.2, -0.15) is 0 Å². The Morgan fingerprint density at radius 1 is 1.24 bits per heavy atom. The molecule has 0 unspecified atom stereocenters. The molecule has 0 N–H and O–H groups in total. The van der Waals surface area contributed by atoms with E-state index >= 15 is 0 Å². The minimum Gasteiger partial charge on any atom is -0.370 e. The maximum Gasteiger partial charge on any atom is 0.163 e. The zero-order chi connectivity index (χ0) is 12.7. The molecule has 0 saturated carbocycles. The van der Waals surface area contributed by atoms with Gasteiger partial charge in [-0.25, -0.2) is 0 Å². The molecule has 0 amide bonds. The number of fused-ring (bicyclic) bond motifs is 1. The highest BCUT2D eigenvalue weighted by molar-refractivity contribution is 4.90. The monoisotopic (exact) mass is 246 g/mol. The van der Waals surface area contributed by atoms with Crippen molar-refractivity contribution in [1.29, 1.82) is 0 Å². The van der Waals surface area contributed by atoms with Gasteiger partial charge in [0, 0.05) is 7.11 Å². The predicted octanol–water partition coefficient (Wildman–Crippen LogP) is 1.30. The molecule has 100 valence electrons. The molecule has 0 bridgehead atoms. The molecule has 3 atom stereocenters. The van der Waals surface area contributed by atoms with Crippen molar-refractivity contribution >= 4 is 0 Å². The van der Waals surface area contributed by atoms with Gasteiger partial charge in [-0.15, -0.1) is 0 Å². The SMILES string of the molecule is COC(C)(C)O[C@H]1CO[C@@H]2COC(C)(C)O[C@H]12. The third-order valence-electron chi connectivity index (χ3n) is 3.15. The van der Waals surface area contributed by atoms with Crippen molar-refractivity contribution in [3.8, 4) is 0 Å².